The molecule has 1 heterocycles. The Balaban J connectivity index is 2.72. The molecule has 0 saturated carbocycles. The van der Waals surface area contributed by atoms with Crippen LogP contribution in [0.5, 0.6) is 0 Å². The first-order valence-electron chi connectivity index (χ1n) is 4.51. The van der Waals surface area contributed by atoms with Gasteiger partial charge in [0.2, 0.25) is 0 Å². The molecule has 0 bridgehead atoms. The van der Waals surface area contributed by atoms with E-state index in [0.29, 0.717) is 0 Å². The molecule has 3 atom stereocenters. The first-order valence-corrected chi connectivity index (χ1v) is 4.51. The zero-order valence-corrected chi connectivity index (χ0v) is 8.54. The molecule has 6 heteroatoms. The Hall–Kier alpha value is -0.810. The Kier molecular flexibility index (Phi) is 3.34. The zero-order chi connectivity index (χ0) is 10.8. The van der Waals surface area contributed by atoms with E-state index in [-0.39, 0.29) is 18.8 Å². The van der Waals surface area contributed by atoms with Crippen LogP contribution < -0.4 is 0 Å². The van der Waals surface area contributed by atoms with E-state index >= 15 is 0 Å². The molecule has 0 aromatic carbocycles. The van der Waals surface area contributed by atoms with Gasteiger partial charge in [0.25, 0.3) is 0 Å². The molecule has 1 rings (SSSR count). The maximum atomic E-state index is 9.01. The van der Waals surface area contributed by atoms with Crippen molar-refractivity contribution in [2.24, 2.45) is 5.11 Å². The third kappa shape index (κ3) is 2.36. The van der Waals surface area contributed by atoms with Crippen molar-refractivity contribution in [2.45, 2.75) is 44.8 Å². The summed E-state index contributed by atoms with van der Waals surface area (Å²) >= 11 is 0. The Bertz CT molecular complexity index is 250. The van der Waals surface area contributed by atoms with Crippen LogP contribution in [-0.2, 0) is 9.47 Å². The van der Waals surface area contributed by atoms with E-state index in [0.717, 1.165) is 0 Å². The van der Waals surface area contributed by atoms with Crippen LogP contribution in [0, 0.1) is 0 Å². The predicted octanol–water partition coefficient (Wildman–Crippen LogP) is 1.20. The molecule has 1 fully saturated rings. The quantitative estimate of drug-likeness (QED) is 0.422. The minimum Gasteiger partial charge on any atom is -0.396 e. The molecule has 6 nitrogen and oxygen atoms in total. The minimum atomic E-state index is -0.678. The topological polar surface area (TPSA) is 87.5 Å². The van der Waals surface area contributed by atoms with E-state index in [1.165, 1.54) is 0 Å². The van der Waals surface area contributed by atoms with Crippen LogP contribution in [0.1, 0.15) is 20.8 Å². The lowest BCUT2D eigenvalue weighted by atomic mass is 10.1. The van der Waals surface area contributed by atoms with Gasteiger partial charge in [-0.05, 0) is 26.3 Å². The molecule has 1 aliphatic heterocycles. The summed E-state index contributed by atoms with van der Waals surface area (Å²) in [5.41, 5.74) is 8.30. The second-order valence-corrected chi connectivity index (χ2v) is 3.76. The third-order valence-electron chi connectivity index (χ3n) is 2.12. The summed E-state index contributed by atoms with van der Waals surface area (Å²) in [7, 11) is 0. The molecule has 3 unspecified atom stereocenters. The van der Waals surface area contributed by atoms with Crippen molar-refractivity contribution < 1.29 is 14.6 Å². The van der Waals surface area contributed by atoms with E-state index < -0.39 is 11.8 Å². The molecule has 1 N–H and O–H groups in total. The number of hydrogen-bond acceptors (Lipinski definition) is 4. The summed E-state index contributed by atoms with van der Waals surface area (Å²) in [4.78, 5) is 2.66. The van der Waals surface area contributed by atoms with Crippen LogP contribution in [0.3, 0.4) is 0 Å². The summed E-state index contributed by atoms with van der Waals surface area (Å²) in [5, 5.41) is 12.5. The average molecular weight is 201 g/mol. The van der Waals surface area contributed by atoms with Crippen molar-refractivity contribution in [3.8, 4) is 0 Å². The number of hydrogen-bond donors (Lipinski definition) is 1. The van der Waals surface area contributed by atoms with Gasteiger partial charge < -0.3 is 14.6 Å². The standard InChI is InChI=1S/C8H15N3O3/c1-5-7(6(4-12)10-11-9)14-8(2,3)13-5/h5-7,12H,4H2,1-3H3. The molecule has 0 aromatic heterocycles. The number of nitrogens with zero attached hydrogens (tertiary/aromatic N) is 3. The van der Waals surface area contributed by atoms with Crippen LogP contribution in [0.2, 0.25) is 0 Å². The van der Waals surface area contributed by atoms with Crippen LogP contribution in [0.25, 0.3) is 10.4 Å². The monoisotopic (exact) mass is 201 g/mol. The van der Waals surface area contributed by atoms with Crippen molar-refractivity contribution >= 4 is 0 Å². The van der Waals surface area contributed by atoms with Crippen molar-refractivity contribution in [1.82, 2.24) is 0 Å². The van der Waals surface area contributed by atoms with Gasteiger partial charge >= 0.3 is 0 Å². The zero-order valence-electron chi connectivity index (χ0n) is 8.54. The lowest BCUT2D eigenvalue weighted by Crippen LogP contribution is -2.35. The molecule has 0 spiro atoms. The summed E-state index contributed by atoms with van der Waals surface area (Å²) in [6, 6.07) is -0.586. The van der Waals surface area contributed by atoms with Crippen molar-refractivity contribution in [1.29, 1.82) is 0 Å². The van der Waals surface area contributed by atoms with Crippen LogP contribution in [0.4, 0.5) is 0 Å². The molecular weight excluding hydrogens is 186 g/mol. The Labute approximate surface area is 82.4 Å². The summed E-state index contributed by atoms with van der Waals surface area (Å²) in [6.07, 6.45) is -0.571. The first kappa shape index (κ1) is 11.3. The molecule has 1 saturated heterocycles. The largest absolute Gasteiger partial charge is 0.396 e. The van der Waals surface area contributed by atoms with Crippen molar-refractivity contribution in [3.05, 3.63) is 10.4 Å². The van der Waals surface area contributed by atoms with E-state index in [9.17, 15) is 0 Å². The Morgan fingerprint density at radius 1 is 1.57 bits per heavy atom. The molecule has 14 heavy (non-hydrogen) atoms. The summed E-state index contributed by atoms with van der Waals surface area (Å²) < 4.78 is 11.0. The molecular formula is C8H15N3O3. The highest BCUT2D eigenvalue weighted by Crippen LogP contribution is 2.30. The average Bonchev–Trinajstić information content (AvgIpc) is 2.35. The van der Waals surface area contributed by atoms with Crippen molar-refractivity contribution in [2.75, 3.05) is 6.61 Å². The second-order valence-electron chi connectivity index (χ2n) is 3.76. The molecule has 1 aliphatic rings. The lowest BCUT2D eigenvalue weighted by Gasteiger charge is -2.19. The van der Waals surface area contributed by atoms with Gasteiger partial charge in [-0.3, -0.25) is 0 Å². The smallest absolute Gasteiger partial charge is 0.163 e. The van der Waals surface area contributed by atoms with Gasteiger partial charge in [0, 0.05) is 4.91 Å². The fourth-order valence-electron chi connectivity index (χ4n) is 1.63. The number of rotatable bonds is 3. The Morgan fingerprint density at radius 2 is 2.21 bits per heavy atom. The number of aliphatic hydroxyl groups is 1. The van der Waals surface area contributed by atoms with E-state index in [4.69, 9.17) is 20.1 Å². The van der Waals surface area contributed by atoms with E-state index in [1.54, 1.807) is 13.8 Å². The second kappa shape index (κ2) is 4.14. The van der Waals surface area contributed by atoms with Gasteiger partial charge in [-0.15, -0.1) is 0 Å². The van der Waals surface area contributed by atoms with Gasteiger partial charge in [0.15, 0.2) is 5.79 Å². The SMILES string of the molecule is CC1OC(C)(C)OC1C(CO)N=[N+]=[N-]. The highest BCUT2D eigenvalue weighted by molar-refractivity contribution is 4.88. The summed E-state index contributed by atoms with van der Waals surface area (Å²) in [6.45, 7) is 5.16. The van der Waals surface area contributed by atoms with Crippen LogP contribution in [-0.4, -0.2) is 35.8 Å². The van der Waals surface area contributed by atoms with Gasteiger partial charge in [-0.25, -0.2) is 0 Å². The van der Waals surface area contributed by atoms with Gasteiger partial charge in [0.1, 0.15) is 0 Å². The normalized spacial score (nSPS) is 32.3. The van der Waals surface area contributed by atoms with Gasteiger partial charge in [0.05, 0.1) is 24.9 Å². The maximum Gasteiger partial charge on any atom is 0.163 e. The summed E-state index contributed by atoms with van der Waals surface area (Å²) in [5.74, 6) is -0.678. The molecule has 0 aromatic rings. The molecule has 0 amide bonds. The van der Waals surface area contributed by atoms with E-state index in [2.05, 4.69) is 10.0 Å². The van der Waals surface area contributed by atoms with Gasteiger partial charge in [-0.2, -0.15) is 0 Å². The van der Waals surface area contributed by atoms with Crippen LogP contribution >= 0.6 is 0 Å². The van der Waals surface area contributed by atoms with E-state index in [1.807, 2.05) is 6.92 Å². The molecule has 80 valence electrons. The first-order chi connectivity index (χ1) is 6.50. The highest BCUT2D eigenvalue weighted by Gasteiger charge is 2.42. The number of aliphatic hydroxyl groups excluding tert-OH is 1. The third-order valence-corrected chi connectivity index (χ3v) is 2.12. The number of ether oxygens (including phenoxy) is 2. The fourth-order valence-corrected chi connectivity index (χ4v) is 1.63. The lowest BCUT2D eigenvalue weighted by molar-refractivity contribution is -0.147. The number of azide groups is 1. The minimum absolute atomic E-state index is 0.187. The highest BCUT2D eigenvalue weighted by atomic mass is 16.8. The Morgan fingerprint density at radius 3 is 2.57 bits per heavy atom. The fraction of sp³-hybridized carbons (Fsp3) is 1.00. The molecule has 0 aliphatic carbocycles. The molecule has 0 radical (unpaired) electrons. The van der Waals surface area contributed by atoms with Crippen LogP contribution in [0.15, 0.2) is 5.11 Å². The van der Waals surface area contributed by atoms with Crippen molar-refractivity contribution in [3.63, 3.8) is 0 Å². The maximum absolute atomic E-state index is 9.01. The predicted molar refractivity (Wildman–Crippen MR) is 49.5 cm³/mol. The van der Waals surface area contributed by atoms with Gasteiger partial charge in [-0.1, -0.05) is 5.11 Å².